The topological polar surface area (TPSA) is 54.5 Å². The van der Waals surface area contributed by atoms with Crippen LogP contribution >= 0.6 is 11.3 Å². The number of rotatable bonds is 4. The minimum absolute atomic E-state index is 0.258. The number of amides is 1. The van der Waals surface area contributed by atoms with Crippen molar-refractivity contribution in [2.24, 2.45) is 0 Å². The summed E-state index contributed by atoms with van der Waals surface area (Å²) in [5.74, 6) is -0.555. The molecule has 1 saturated heterocycles. The fourth-order valence-electron chi connectivity index (χ4n) is 3.10. The number of thiazole rings is 1. The molecule has 1 fully saturated rings. The average molecular weight is 397 g/mol. The quantitative estimate of drug-likeness (QED) is 0.711. The highest BCUT2D eigenvalue weighted by atomic mass is 32.1. The molecule has 1 N–H and O–H groups in total. The van der Waals surface area contributed by atoms with E-state index < -0.39 is 0 Å². The number of aryl methyl sites for hydroxylation is 1. The van der Waals surface area contributed by atoms with Gasteiger partial charge in [0.15, 0.2) is 0 Å². The van der Waals surface area contributed by atoms with Gasteiger partial charge < -0.3 is 15.0 Å². The van der Waals surface area contributed by atoms with Gasteiger partial charge in [0.25, 0.3) is 5.91 Å². The smallest absolute Gasteiger partial charge is 0.275 e. The van der Waals surface area contributed by atoms with E-state index in [9.17, 15) is 9.18 Å². The highest BCUT2D eigenvalue weighted by molar-refractivity contribution is 7.13. The second kappa shape index (κ2) is 8.08. The number of ether oxygens (including phenoxy) is 1. The van der Waals surface area contributed by atoms with Gasteiger partial charge in [-0.1, -0.05) is 0 Å². The van der Waals surface area contributed by atoms with Gasteiger partial charge in [-0.25, -0.2) is 9.37 Å². The van der Waals surface area contributed by atoms with Crippen molar-refractivity contribution in [1.29, 1.82) is 0 Å². The molecule has 0 atom stereocenters. The Kier molecular flexibility index (Phi) is 5.36. The van der Waals surface area contributed by atoms with Crippen molar-refractivity contribution in [3.05, 3.63) is 64.9 Å². The van der Waals surface area contributed by atoms with Gasteiger partial charge in [-0.3, -0.25) is 4.79 Å². The van der Waals surface area contributed by atoms with Crippen molar-refractivity contribution in [2.75, 3.05) is 36.5 Å². The molecule has 4 rings (SSSR count). The maximum atomic E-state index is 13.1. The first-order valence-electron chi connectivity index (χ1n) is 9.06. The summed E-state index contributed by atoms with van der Waals surface area (Å²) in [6.07, 6.45) is 0. The molecular weight excluding hydrogens is 377 g/mol. The first-order chi connectivity index (χ1) is 13.6. The van der Waals surface area contributed by atoms with Crippen molar-refractivity contribution >= 4 is 28.6 Å². The third kappa shape index (κ3) is 4.05. The zero-order valence-electron chi connectivity index (χ0n) is 15.4. The third-order valence-electron chi connectivity index (χ3n) is 4.66. The van der Waals surface area contributed by atoms with Gasteiger partial charge in [-0.05, 0) is 55.0 Å². The Labute approximate surface area is 166 Å². The van der Waals surface area contributed by atoms with Gasteiger partial charge in [0, 0.05) is 35.4 Å². The lowest BCUT2D eigenvalue weighted by Gasteiger charge is -2.29. The Balaban J connectivity index is 1.47. The van der Waals surface area contributed by atoms with Gasteiger partial charge >= 0.3 is 0 Å². The van der Waals surface area contributed by atoms with Gasteiger partial charge in [-0.15, -0.1) is 11.3 Å². The highest BCUT2D eigenvalue weighted by Gasteiger charge is 2.15. The zero-order chi connectivity index (χ0) is 19.5. The van der Waals surface area contributed by atoms with Crippen LogP contribution in [0, 0.1) is 12.7 Å². The maximum Gasteiger partial charge on any atom is 0.275 e. The number of hydrogen-bond acceptors (Lipinski definition) is 5. The van der Waals surface area contributed by atoms with Crippen LogP contribution in [0.15, 0.2) is 47.8 Å². The molecule has 2 heterocycles. The first kappa shape index (κ1) is 18.6. The second-order valence-corrected chi connectivity index (χ2v) is 7.46. The molecule has 0 bridgehead atoms. The molecule has 3 aromatic rings. The summed E-state index contributed by atoms with van der Waals surface area (Å²) < 4.78 is 18.5. The zero-order valence-corrected chi connectivity index (χ0v) is 16.3. The fraction of sp³-hybridized carbons (Fsp3) is 0.238. The van der Waals surface area contributed by atoms with Crippen molar-refractivity contribution < 1.29 is 13.9 Å². The van der Waals surface area contributed by atoms with Crippen LogP contribution in [0.4, 0.5) is 15.8 Å². The van der Waals surface area contributed by atoms with E-state index in [2.05, 4.69) is 21.3 Å². The molecule has 7 heteroatoms. The van der Waals surface area contributed by atoms with E-state index in [0.717, 1.165) is 48.8 Å². The van der Waals surface area contributed by atoms with Crippen LogP contribution in [0.1, 0.15) is 16.1 Å². The van der Waals surface area contributed by atoms with Crippen molar-refractivity contribution in [3.63, 3.8) is 0 Å². The molecule has 28 heavy (non-hydrogen) atoms. The number of carbonyl (C=O) groups is 1. The number of anilines is 2. The number of hydrogen-bond donors (Lipinski definition) is 1. The lowest BCUT2D eigenvalue weighted by molar-refractivity contribution is 0.102. The molecule has 0 saturated carbocycles. The Morgan fingerprint density at radius 3 is 2.64 bits per heavy atom. The van der Waals surface area contributed by atoms with Crippen LogP contribution in [-0.2, 0) is 4.74 Å². The van der Waals surface area contributed by atoms with Crippen LogP contribution in [0.3, 0.4) is 0 Å². The van der Waals surface area contributed by atoms with Crippen molar-refractivity contribution in [2.45, 2.75) is 6.92 Å². The largest absolute Gasteiger partial charge is 0.378 e. The Morgan fingerprint density at radius 1 is 1.18 bits per heavy atom. The van der Waals surface area contributed by atoms with E-state index in [1.165, 1.54) is 23.5 Å². The van der Waals surface area contributed by atoms with Crippen LogP contribution in [0.5, 0.6) is 0 Å². The molecule has 5 nitrogen and oxygen atoms in total. The van der Waals surface area contributed by atoms with Gasteiger partial charge in [0.05, 0.1) is 13.2 Å². The summed E-state index contributed by atoms with van der Waals surface area (Å²) >= 11 is 1.36. The van der Waals surface area contributed by atoms with Gasteiger partial charge in [0.2, 0.25) is 0 Å². The molecular formula is C21H20FN3O2S. The maximum absolute atomic E-state index is 13.1. The monoisotopic (exact) mass is 397 g/mol. The summed E-state index contributed by atoms with van der Waals surface area (Å²) in [5.41, 5.74) is 4.02. The van der Waals surface area contributed by atoms with Crippen LogP contribution in [0.25, 0.3) is 10.6 Å². The van der Waals surface area contributed by atoms with Gasteiger partial charge in [-0.2, -0.15) is 0 Å². The van der Waals surface area contributed by atoms with Crippen molar-refractivity contribution in [1.82, 2.24) is 4.98 Å². The van der Waals surface area contributed by atoms with Crippen LogP contribution in [0.2, 0.25) is 0 Å². The van der Waals surface area contributed by atoms with E-state index >= 15 is 0 Å². The molecule has 2 aromatic carbocycles. The summed E-state index contributed by atoms with van der Waals surface area (Å²) in [6.45, 7) is 5.19. The van der Waals surface area contributed by atoms with E-state index in [1.54, 1.807) is 17.5 Å². The predicted molar refractivity (Wildman–Crippen MR) is 110 cm³/mol. The van der Waals surface area contributed by atoms with E-state index in [4.69, 9.17) is 4.74 Å². The second-order valence-electron chi connectivity index (χ2n) is 6.60. The van der Waals surface area contributed by atoms with E-state index in [-0.39, 0.29) is 11.7 Å². The summed E-state index contributed by atoms with van der Waals surface area (Å²) in [5, 5.41) is 5.33. The highest BCUT2D eigenvalue weighted by Crippen LogP contribution is 2.26. The van der Waals surface area contributed by atoms with Gasteiger partial charge in [0.1, 0.15) is 16.5 Å². The SMILES string of the molecule is Cc1cc(N2CCOCC2)ccc1NC(=O)c1csc(-c2ccc(F)cc2)n1. The molecule has 144 valence electrons. The number of benzene rings is 2. The van der Waals surface area contributed by atoms with E-state index in [0.29, 0.717) is 10.7 Å². The lowest BCUT2D eigenvalue weighted by Crippen LogP contribution is -2.36. The minimum Gasteiger partial charge on any atom is -0.378 e. The van der Waals surface area contributed by atoms with Crippen LogP contribution < -0.4 is 10.2 Å². The molecule has 1 amide bonds. The summed E-state index contributed by atoms with van der Waals surface area (Å²) in [6, 6.07) is 12.1. The third-order valence-corrected chi connectivity index (χ3v) is 5.55. The molecule has 0 radical (unpaired) electrons. The van der Waals surface area contributed by atoms with E-state index in [1.807, 2.05) is 19.1 Å². The average Bonchev–Trinajstić information content (AvgIpc) is 3.21. The minimum atomic E-state index is -0.297. The number of halogens is 1. The number of nitrogens with zero attached hydrogens (tertiary/aromatic N) is 2. The Hall–Kier alpha value is -2.77. The first-order valence-corrected chi connectivity index (χ1v) is 9.94. The number of carbonyl (C=O) groups excluding carboxylic acids is 1. The fourth-order valence-corrected chi connectivity index (χ4v) is 3.90. The van der Waals surface area contributed by atoms with Crippen LogP contribution in [-0.4, -0.2) is 37.2 Å². The predicted octanol–water partition coefficient (Wildman–Crippen LogP) is 4.35. The normalized spacial score (nSPS) is 14.1. The molecule has 0 unspecified atom stereocenters. The number of nitrogens with one attached hydrogen (secondary N) is 1. The molecule has 0 spiro atoms. The molecule has 0 aliphatic carbocycles. The number of aromatic nitrogens is 1. The Morgan fingerprint density at radius 2 is 1.93 bits per heavy atom. The molecule has 1 aromatic heterocycles. The Bertz CT molecular complexity index is 982. The standard InChI is InChI=1S/C21H20FN3O2S/c1-14-12-17(25-8-10-27-11-9-25)6-7-18(14)23-20(26)19-13-28-21(24-19)15-2-4-16(22)5-3-15/h2-7,12-13H,8-11H2,1H3,(H,23,26). The molecule has 1 aliphatic rings. The summed E-state index contributed by atoms with van der Waals surface area (Å²) in [4.78, 5) is 19.3. The number of morpholine rings is 1. The lowest BCUT2D eigenvalue weighted by atomic mass is 10.1. The molecule has 1 aliphatic heterocycles. The van der Waals surface area contributed by atoms with Crippen molar-refractivity contribution in [3.8, 4) is 10.6 Å². The summed E-state index contributed by atoms with van der Waals surface area (Å²) in [7, 11) is 0.